The number of nitrogens with zero attached hydrogens (tertiary/aromatic N) is 1. The molecule has 19 heavy (non-hydrogen) atoms. The highest BCUT2D eigenvalue weighted by Crippen LogP contribution is 2.13. The average Bonchev–Trinajstić information content (AvgIpc) is 2.28. The standard InChI is InChI=1S/C12H12N2O4S/c1-19(17,18)11-4-2-9(3-5-11)14-12(16)8-10(15)6-7-13/h2-5,8,15H,6H2,1H3,(H,14,16)/b10-8-. The topological polar surface area (TPSA) is 107 Å². The molecule has 0 aliphatic heterocycles. The first-order chi connectivity index (χ1) is 8.82. The lowest BCUT2D eigenvalue weighted by Crippen LogP contribution is -2.09. The third-order valence-electron chi connectivity index (χ3n) is 2.11. The van der Waals surface area contributed by atoms with Gasteiger partial charge in [-0.2, -0.15) is 5.26 Å². The van der Waals surface area contributed by atoms with Gasteiger partial charge in [-0.3, -0.25) is 4.79 Å². The van der Waals surface area contributed by atoms with Crippen LogP contribution in [0.25, 0.3) is 0 Å². The number of aliphatic hydroxyl groups excluding tert-OH is 1. The molecule has 7 heteroatoms. The van der Waals surface area contributed by atoms with Gasteiger partial charge in [0.05, 0.1) is 17.4 Å². The minimum Gasteiger partial charge on any atom is -0.511 e. The van der Waals surface area contributed by atoms with Crippen molar-refractivity contribution in [2.45, 2.75) is 11.3 Å². The van der Waals surface area contributed by atoms with E-state index in [9.17, 15) is 13.2 Å². The molecule has 0 unspecified atom stereocenters. The third kappa shape index (κ3) is 4.81. The number of hydrogen-bond acceptors (Lipinski definition) is 5. The lowest BCUT2D eigenvalue weighted by Gasteiger charge is -2.03. The van der Waals surface area contributed by atoms with Gasteiger partial charge in [-0.15, -0.1) is 0 Å². The summed E-state index contributed by atoms with van der Waals surface area (Å²) in [6.07, 6.45) is 1.73. The van der Waals surface area contributed by atoms with Crippen molar-refractivity contribution >= 4 is 21.4 Å². The summed E-state index contributed by atoms with van der Waals surface area (Å²) in [7, 11) is -3.28. The van der Waals surface area contributed by atoms with E-state index < -0.39 is 15.7 Å². The molecule has 100 valence electrons. The molecule has 2 N–H and O–H groups in total. The van der Waals surface area contributed by atoms with Crippen LogP contribution < -0.4 is 5.32 Å². The summed E-state index contributed by atoms with van der Waals surface area (Å²) in [6, 6.07) is 7.29. The number of amides is 1. The summed E-state index contributed by atoms with van der Waals surface area (Å²) in [4.78, 5) is 11.6. The van der Waals surface area contributed by atoms with E-state index in [1.165, 1.54) is 24.3 Å². The molecule has 0 aliphatic carbocycles. The van der Waals surface area contributed by atoms with Gasteiger partial charge in [0.2, 0.25) is 0 Å². The maximum Gasteiger partial charge on any atom is 0.251 e. The fourth-order valence-electron chi connectivity index (χ4n) is 1.25. The molecular formula is C12H12N2O4S. The second-order valence-electron chi connectivity index (χ2n) is 3.76. The van der Waals surface area contributed by atoms with E-state index in [0.29, 0.717) is 5.69 Å². The van der Waals surface area contributed by atoms with Crippen molar-refractivity contribution in [2.24, 2.45) is 0 Å². The van der Waals surface area contributed by atoms with Gasteiger partial charge in [-0.1, -0.05) is 0 Å². The molecule has 1 aromatic rings. The quantitative estimate of drug-likeness (QED) is 0.640. The van der Waals surface area contributed by atoms with Crippen molar-refractivity contribution < 1.29 is 18.3 Å². The fourth-order valence-corrected chi connectivity index (χ4v) is 1.88. The number of sulfone groups is 1. The summed E-state index contributed by atoms with van der Waals surface area (Å²) in [5.74, 6) is -0.937. The number of anilines is 1. The average molecular weight is 280 g/mol. The second kappa shape index (κ2) is 6.02. The van der Waals surface area contributed by atoms with E-state index in [2.05, 4.69) is 5.32 Å². The highest BCUT2D eigenvalue weighted by atomic mass is 32.2. The Morgan fingerprint density at radius 2 is 2.00 bits per heavy atom. The van der Waals surface area contributed by atoms with Crippen LogP contribution in [0.2, 0.25) is 0 Å². The number of benzene rings is 1. The van der Waals surface area contributed by atoms with Crippen LogP contribution in [0.4, 0.5) is 5.69 Å². The van der Waals surface area contributed by atoms with Crippen molar-refractivity contribution in [2.75, 3.05) is 11.6 Å². The summed E-state index contributed by atoms with van der Waals surface area (Å²) in [6.45, 7) is 0. The van der Waals surface area contributed by atoms with Crippen LogP contribution in [0.15, 0.2) is 41.0 Å². The first kappa shape index (κ1) is 14.7. The van der Waals surface area contributed by atoms with Gasteiger partial charge in [0.1, 0.15) is 5.76 Å². The smallest absolute Gasteiger partial charge is 0.251 e. The number of allylic oxidation sites excluding steroid dienone is 1. The zero-order chi connectivity index (χ0) is 14.5. The predicted molar refractivity (Wildman–Crippen MR) is 69.1 cm³/mol. The number of nitriles is 1. The van der Waals surface area contributed by atoms with Crippen LogP contribution in [-0.4, -0.2) is 25.7 Å². The van der Waals surface area contributed by atoms with E-state index in [1.54, 1.807) is 6.07 Å². The number of rotatable bonds is 4. The number of nitrogens with one attached hydrogen (secondary N) is 1. The van der Waals surface area contributed by atoms with Crippen molar-refractivity contribution in [3.05, 3.63) is 36.1 Å². The molecule has 1 aromatic carbocycles. The number of carbonyl (C=O) groups is 1. The lowest BCUT2D eigenvalue weighted by molar-refractivity contribution is -0.112. The first-order valence-corrected chi connectivity index (χ1v) is 7.09. The summed E-state index contributed by atoms with van der Waals surface area (Å²) < 4.78 is 22.4. The number of hydrogen-bond donors (Lipinski definition) is 2. The predicted octanol–water partition coefficient (Wildman–Crippen LogP) is 1.38. The number of aliphatic hydroxyl groups is 1. The summed E-state index contributed by atoms with van der Waals surface area (Å²) in [5.41, 5.74) is 0.387. The SMILES string of the molecule is CS(=O)(=O)c1ccc(NC(=O)/C=C(\O)CC#N)cc1. The third-order valence-corrected chi connectivity index (χ3v) is 3.24. The monoisotopic (exact) mass is 280 g/mol. The zero-order valence-corrected chi connectivity index (χ0v) is 10.9. The molecule has 1 amide bonds. The van der Waals surface area contributed by atoms with E-state index in [1.807, 2.05) is 0 Å². The second-order valence-corrected chi connectivity index (χ2v) is 5.77. The Bertz CT molecular complexity index is 639. The lowest BCUT2D eigenvalue weighted by atomic mass is 10.3. The van der Waals surface area contributed by atoms with Gasteiger partial charge in [0, 0.05) is 18.0 Å². The van der Waals surface area contributed by atoms with Gasteiger partial charge in [0.15, 0.2) is 9.84 Å². The highest BCUT2D eigenvalue weighted by Gasteiger charge is 2.07. The van der Waals surface area contributed by atoms with Crippen molar-refractivity contribution in [3.8, 4) is 6.07 Å². The van der Waals surface area contributed by atoms with Crippen LogP contribution in [0.3, 0.4) is 0 Å². The maximum absolute atomic E-state index is 11.4. The Morgan fingerprint density at radius 1 is 1.42 bits per heavy atom. The van der Waals surface area contributed by atoms with E-state index in [0.717, 1.165) is 12.3 Å². The molecule has 0 fully saturated rings. The van der Waals surface area contributed by atoms with E-state index >= 15 is 0 Å². The maximum atomic E-state index is 11.4. The van der Waals surface area contributed by atoms with Crippen LogP contribution in [0.1, 0.15) is 6.42 Å². The molecular weight excluding hydrogens is 268 g/mol. The largest absolute Gasteiger partial charge is 0.511 e. The Labute approximate surface area is 110 Å². The van der Waals surface area contributed by atoms with Gasteiger partial charge in [-0.05, 0) is 24.3 Å². The molecule has 0 spiro atoms. The van der Waals surface area contributed by atoms with Crippen LogP contribution in [0, 0.1) is 11.3 Å². The van der Waals surface area contributed by atoms with Gasteiger partial charge in [-0.25, -0.2) is 8.42 Å². The Kier molecular flexibility index (Phi) is 4.67. The van der Waals surface area contributed by atoms with E-state index in [4.69, 9.17) is 10.4 Å². The highest BCUT2D eigenvalue weighted by molar-refractivity contribution is 7.90. The van der Waals surface area contributed by atoms with Gasteiger partial charge in [0.25, 0.3) is 5.91 Å². The molecule has 6 nitrogen and oxygen atoms in total. The minimum atomic E-state index is -3.28. The molecule has 0 saturated heterocycles. The number of carbonyl (C=O) groups excluding carboxylic acids is 1. The molecule has 0 saturated carbocycles. The van der Waals surface area contributed by atoms with Crippen molar-refractivity contribution in [3.63, 3.8) is 0 Å². The summed E-state index contributed by atoms with van der Waals surface area (Å²) in [5, 5.41) is 19.9. The molecule has 0 radical (unpaired) electrons. The fraction of sp³-hybridized carbons (Fsp3) is 0.167. The van der Waals surface area contributed by atoms with E-state index in [-0.39, 0.29) is 17.1 Å². The van der Waals surface area contributed by atoms with Crippen LogP contribution in [-0.2, 0) is 14.6 Å². The Hall–Kier alpha value is -2.33. The molecule has 0 heterocycles. The minimum absolute atomic E-state index is 0.147. The molecule has 1 rings (SSSR count). The molecule has 0 bridgehead atoms. The van der Waals surface area contributed by atoms with Gasteiger partial charge < -0.3 is 10.4 Å². The molecule has 0 atom stereocenters. The molecule has 0 aromatic heterocycles. The van der Waals surface area contributed by atoms with Crippen molar-refractivity contribution in [1.82, 2.24) is 0 Å². The molecule has 0 aliphatic rings. The van der Waals surface area contributed by atoms with Crippen LogP contribution in [0.5, 0.6) is 0 Å². The Morgan fingerprint density at radius 3 is 2.47 bits per heavy atom. The first-order valence-electron chi connectivity index (χ1n) is 5.20. The summed E-state index contributed by atoms with van der Waals surface area (Å²) >= 11 is 0. The Balaban J connectivity index is 2.77. The van der Waals surface area contributed by atoms with Crippen molar-refractivity contribution in [1.29, 1.82) is 5.26 Å². The van der Waals surface area contributed by atoms with Crippen LogP contribution >= 0.6 is 0 Å². The van der Waals surface area contributed by atoms with Gasteiger partial charge >= 0.3 is 0 Å². The normalized spacial score (nSPS) is 11.7. The zero-order valence-electron chi connectivity index (χ0n) is 10.1.